The van der Waals surface area contributed by atoms with Crippen LogP contribution in [-0.2, 0) is 19.9 Å². The molecule has 1 saturated heterocycles. The molecular formula is C20H24N4O2. The van der Waals surface area contributed by atoms with E-state index >= 15 is 0 Å². The Labute approximate surface area is 152 Å². The Balaban J connectivity index is 1.46. The number of piperidine rings is 1. The highest BCUT2D eigenvalue weighted by Crippen LogP contribution is 2.23. The van der Waals surface area contributed by atoms with Gasteiger partial charge in [-0.05, 0) is 55.4 Å². The summed E-state index contributed by atoms with van der Waals surface area (Å²) in [6.07, 6.45) is 8.50. The molecule has 1 unspecified atom stereocenters. The molecule has 2 heterocycles. The molecule has 1 atom stereocenters. The van der Waals surface area contributed by atoms with Crippen LogP contribution in [0, 0.1) is 0 Å². The number of nitrogens with one attached hydrogen (secondary N) is 1. The summed E-state index contributed by atoms with van der Waals surface area (Å²) in [6.45, 7) is 1.40. The van der Waals surface area contributed by atoms with Gasteiger partial charge in [-0.1, -0.05) is 6.07 Å². The molecule has 136 valence electrons. The molecule has 6 nitrogen and oxygen atoms in total. The summed E-state index contributed by atoms with van der Waals surface area (Å²) in [5.41, 5.74) is 3.31. The maximum Gasteiger partial charge on any atom is 0.293 e. The second-order valence-corrected chi connectivity index (χ2v) is 7.26. The third kappa shape index (κ3) is 3.23. The van der Waals surface area contributed by atoms with Crippen LogP contribution in [0.1, 0.15) is 40.7 Å². The highest BCUT2D eigenvalue weighted by atomic mass is 16.2. The van der Waals surface area contributed by atoms with Gasteiger partial charge in [0.2, 0.25) is 0 Å². The summed E-state index contributed by atoms with van der Waals surface area (Å²) in [4.78, 5) is 31.2. The first-order chi connectivity index (χ1) is 12.6. The van der Waals surface area contributed by atoms with E-state index in [1.165, 1.54) is 22.1 Å². The van der Waals surface area contributed by atoms with Crippen molar-refractivity contribution in [2.75, 3.05) is 18.0 Å². The summed E-state index contributed by atoms with van der Waals surface area (Å²) >= 11 is 0. The van der Waals surface area contributed by atoms with Crippen molar-refractivity contribution in [3.8, 4) is 0 Å². The summed E-state index contributed by atoms with van der Waals surface area (Å²) in [5.74, 6) is 0.437. The molecule has 1 amide bonds. The van der Waals surface area contributed by atoms with Crippen LogP contribution in [0.4, 0.5) is 5.82 Å². The number of fused-ring (bicyclic) bond motifs is 1. The quantitative estimate of drug-likeness (QED) is 0.912. The number of anilines is 1. The first kappa shape index (κ1) is 16.8. The van der Waals surface area contributed by atoms with Gasteiger partial charge in [0, 0.05) is 44.1 Å². The van der Waals surface area contributed by atoms with Crippen LogP contribution in [0.25, 0.3) is 0 Å². The van der Waals surface area contributed by atoms with Crippen LogP contribution in [0.2, 0.25) is 0 Å². The lowest BCUT2D eigenvalue weighted by Gasteiger charge is -2.33. The van der Waals surface area contributed by atoms with Gasteiger partial charge >= 0.3 is 0 Å². The van der Waals surface area contributed by atoms with Crippen molar-refractivity contribution in [2.24, 2.45) is 7.05 Å². The minimum Gasteiger partial charge on any atom is -0.350 e. The first-order valence-electron chi connectivity index (χ1n) is 9.31. The van der Waals surface area contributed by atoms with Crippen molar-refractivity contribution in [3.05, 3.63) is 57.6 Å². The van der Waals surface area contributed by atoms with Gasteiger partial charge in [0.15, 0.2) is 5.82 Å². The van der Waals surface area contributed by atoms with Gasteiger partial charge in [-0.15, -0.1) is 0 Å². The number of carbonyl (C=O) groups excluding carboxylic acids is 1. The molecule has 1 aliphatic carbocycles. The molecule has 4 rings (SSSR count). The van der Waals surface area contributed by atoms with E-state index in [2.05, 4.69) is 16.4 Å². The molecular weight excluding hydrogens is 328 g/mol. The van der Waals surface area contributed by atoms with Crippen LogP contribution in [0.5, 0.6) is 0 Å². The maximum atomic E-state index is 12.7. The zero-order chi connectivity index (χ0) is 18.1. The van der Waals surface area contributed by atoms with Crippen LogP contribution in [-0.4, -0.2) is 34.6 Å². The maximum absolute atomic E-state index is 12.7. The summed E-state index contributed by atoms with van der Waals surface area (Å²) < 4.78 is 1.54. The highest BCUT2D eigenvalue weighted by Gasteiger charge is 2.25. The fraction of sp³-hybridized carbons (Fsp3) is 0.450. The number of aryl methyl sites for hydroxylation is 3. The van der Waals surface area contributed by atoms with E-state index in [-0.39, 0.29) is 17.5 Å². The van der Waals surface area contributed by atoms with Crippen LogP contribution < -0.4 is 15.8 Å². The fourth-order valence-corrected chi connectivity index (χ4v) is 3.97. The Morgan fingerprint density at radius 1 is 1.23 bits per heavy atom. The third-order valence-corrected chi connectivity index (χ3v) is 5.42. The molecule has 2 aromatic rings. The summed E-state index contributed by atoms with van der Waals surface area (Å²) in [5, 5.41) is 3.14. The molecule has 1 aliphatic heterocycles. The topological polar surface area (TPSA) is 67.2 Å². The smallest absolute Gasteiger partial charge is 0.293 e. The Morgan fingerprint density at radius 3 is 2.96 bits per heavy atom. The minimum absolute atomic E-state index is 0.0243. The summed E-state index contributed by atoms with van der Waals surface area (Å²) in [7, 11) is 1.73. The largest absolute Gasteiger partial charge is 0.350 e. The molecule has 6 heteroatoms. The normalized spacial score (nSPS) is 19.3. The molecule has 26 heavy (non-hydrogen) atoms. The zero-order valence-corrected chi connectivity index (χ0v) is 15.1. The van der Waals surface area contributed by atoms with Crippen LogP contribution in [0.3, 0.4) is 0 Å². The lowest BCUT2D eigenvalue weighted by atomic mass is 10.0. The van der Waals surface area contributed by atoms with Crippen molar-refractivity contribution in [3.63, 3.8) is 0 Å². The standard InChI is InChI=1S/C20H24N4O2/c1-23-11-9-21-18(20(23)26)24-10-3-6-17(13-24)22-19(25)16-8-7-14-4-2-5-15(14)12-16/h7-9,11-12,17H,2-6,10,13H2,1H3,(H,22,25). The zero-order valence-electron chi connectivity index (χ0n) is 15.1. The molecule has 1 N–H and O–H groups in total. The van der Waals surface area contributed by atoms with E-state index in [4.69, 9.17) is 0 Å². The molecule has 0 radical (unpaired) electrons. The van der Waals surface area contributed by atoms with Gasteiger partial charge in [0.1, 0.15) is 0 Å². The number of rotatable bonds is 3. The van der Waals surface area contributed by atoms with Gasteiger partial charge in [-0.2, -0.15) is 0 Å². The molecule has 0 saturated carbocycles. The second kappa shape index (κ2) is 6.94. The van der Waals surface area contributed by atoms with Crippen molar-refractivity contribution in [2.45, 2.75) is 38.1 Å². The Hall–Kier alpha value is -2.63. The third-order valence-electron chi connectivity index (χ3n) is 5.42. The van der Waals surface area contributed by atoms with E-state index in [0.29, 0.717) is 12.4 Å². The van der Waals surface area contributed by atoms with Crippen molar-refractivity contribution < 1.29 is 4.79 Å². The van der Waals surface area contributed by atoms with Gasteiger partial charge in [-0.3, -0.25) is 9.59 Å². The first-order valence-corrected chi connectivity index (χ1v) is 9.31. The molecule has 0 bridgehead atoms. The lowest BCUT2D eigenvalue weighted by Crippen LogP contribution is -2.49. The van der Waals surface area contributed by atoms with Crippen LogP contribution >= 0.6 is 0 Å². The molecule has 1 fully saturated rings. The Kier molecular flexibility index (Phi) is 4.49. The highest BCUT2D eigenvalue weighted by molar-refractivity contribution is 5.94. The monoisotopic (exact) mass is 352 g/mol. The number of nitrogens with zero attached hydrogens (tertiary/aromatic N) is 3. The van der Waals surface area contributed by atoms with Crippen LogP contribution in [0.15, 0.2) is 35.4 Å². The molecule has 1 aromatic heterocycles. The summed E-state index contributed by atoms with van der Waals surface area (Å²) in [6, 6.07) is 6.07. The fourth-order valence-electron chi connectivity index (χ4n) is 3.97. The molecule has 2 aliphatic rings. The van der Waals surface area contributed by atoms with Gasteiger partial charge in [0.25, 0.3) is 11.5 Å². The van der Waals surface area contributed by atoms with Crippen molar-refractivity contribution >= 4 is 11.7 Å². The van der Waals surface area contributed by atoms with E-state index in [0.717, 1.165) is 37.8 Å². The Morgan fingerprint density at radius 2 is 2.08 bits per heavy atom. The number of amides is 1. The van der Waals surface area contributed by atoms with E-state index in [1.807, 2.05) is 17.0 Å². The SMILES string of the molecule is Cn1ccnc(N2CCCC(NC(=O)c3ccc4c(c3)CCC4)C2)c1=O. The number of hydrogen-bond acceptors (Lipinski definition) is 4. The van der Waals surface area contributed by atoms with E-state index < -0.39 is 0 Å². The average Bonchev–Trinajstić information content (AvgIpc) is 3.12. The number of aromatic nitrogens is 2. The predicted octanol–water partition coefficient (Wildman–Crippen LogP) is 1.67. The minimum atomic E-state index is -0.0990. The number of benzene rings is 1. The van der Waals surface area contributed by atoms with Gasteiger partial charge in [0.05, 0.1) is 0 Å². The average molecular weight is 352 g/mol. The lowest BCUT2D eigenvalue weighted by molar-refractivity contribution is 0.0933. The predicted molar refractivity (Wildman–Crippen MR) is 101 cm³/mol. The van der Waals surface area contributed by atoms with Crippen molar-refractivity contribution in [1.82, 2.24) is 14.9 Å². The molecule has 0 spiro atoms. The number of carbonyl (C=O) groups is 1. The molecule has 1 aromatic carbocycles. The van der Waals surface area contributed by atoms with Gasteiger partial charge < -0.3 is 14.8 Å². The van der Waals surface area contributed by atoms with Crippen molar-refractivity contribution in [1.29, 1.82) is 0 Å². The number of hydrogen-bond donors (Lipinski definition) is 1. The Bertz CT molecular complexity index is 890. The second-order valence-electron chi connectivity index (χ2n) is 7.26. The van der Waals surface area contributed by atoms with E-state index in [1.54, 1.807) is 19.4 Å². The van der Waals surface area contributed by atoms with Gasteiger partial charge in [-0.25, -0.2) is 4.98 Å². The van der Waals surface area contributed by atoms with E-state index in [9.17, 15) is 9.59 Å².